The Kier molecular flexibility index (Phi) is 9.29. The Morgan fingerprint density at radius 3 is 2.25 bits per heavy atom. The van der Waals surface area contributed by atoms with Crippen LogP contribution in [0, 0.1) is 5.92 Å². The molecule has 1 heterocycles. The number of carbonyl (C=O) groups excluding carboxylic acids is 3. The summed E-state index contributed by atoms with van der Waals surface area (Å²) in [7, 11) is 0. The van der Waals surface area contributed by atoms with Crippen LogP contribution in [-0.4, -0.2) is 87.8 Å². The summed E-state index contributed by atoms with van der Waals surface area (Å²) in [5, 5.41) is 32.1. The number of nitrogens with one attached hydrogen (secondary N) is 2. The first-order chi connectivity index (χ1) is 13.2. The summed E-state index contributed by atoms with van der Waals surface area (Å²) in [4.78, 5) is 49.5. The molecule has 0 spiro atoms. The van der Waals surface area contributed by atoms with Crippen molar-refractivity contribution in [3.63, 3.8) is 0 Å². The van der Waals surface area contributed by atoms with Gasteiger partial charge in [-0.05, 0) is 18.8 Å². The Balaban J connectivity index is 2.82. The van der Waals surface area contributed by atoms with E-state index in [9.17, 15) is 24.3 Å². The molecule has 5 unspecified atom stereocenters. The molecule has 1 rings (SSSR count). The molecule has 1 saturated heterocycles. The van der Waals surface area contributed by atoms with E-state index in [0.29, 0.717) is 19.3 Å². The fourth-order valence-corrected chi connectivity index (χ4v) is 2.92. The predicted molar refractivity (Wildman–Crippen MR) is 97.8 cm³/mol. The van der Waals surface area contributed by atoms with Crippen molar-refractivity contribution in [2.24, 2.45) is 11.7 Å². The van der Waals surface area contributed by atoms with Crippen LogP contribution in [0.4, 0.5) is 0 Å². The molecule has 7 N–H and O–H groups in total. The summed E-state index contributed by atoms with van der Waals surface area (Å²) in [5.74, 6) is -3.46. The standard InChI is InChI=1S/C17H30N4O7/c1-3-9(2)13(18)15(25)19-10(7-22)16(26)21-6-4-5-12(21)14(24)20-11(8-23)17(27)28/h9-13,22-23H,3-8,18H2,1-2H3,(H,19,25)(H,20,24)(H,27,28). The third-order valence-electron chi connectivity index (χ3n) is 4.99. The van der Waals surface area contributed by atoms with Gasteiger partial charge >= 0.3 is 5.97 Å². The topological polar surface area (TPSA) is 182 Å². The number of aliphatic hydroxyl groups is 2. The lowest BCUT2D eigenvalue weighted by molar-refractivity contribution is -0.146. The highest BCUT2D eigenvalue weighted by atomic mass is 16.4. The molecular weight excluding hydrogens is 372 g/mol. The van der Waals surface area contributed by atoms with Crippen molar-refractivity contribution in [1.29, 1.82) is 0 Å². The van der Waals surface area contributed by atoms with Crippen molar-refractivity contribution >= 4 is 23.7 Å². The zero-order valence-electron chi connectivity index (χ0n) is 16.1. The Morgan fingerprint density at radius 1 is 1.14 bits per heavy atom. The molecule has 0 saturated carbocycles. The molecule has 28 heavy (non-hydrogen) atoms. The fraction of sp³-hybridized carbons (Fsp3) is 0.765. The molecule has 0 radical (unpaired) electrons. The molecule has 5 atom stereocenters. The van der Waals surface area contributed by atoms with E-state index in [4.69, 9.17) is 15.9 Å². The van der Waals surface area contributed by atoms with Crippen LogP contribution in [0.15, 0.2) is 0 Å². The minimum atomic E-state index is -1.48. The second-order valence-electron chi connectivity index (χ2n) is 6.93. The average Bonchev–Trinajstić information content (AvgIpc) is 3.17. The van der Waals surface area contributed by atoms with Crippen molar-refractivity contribution in [2.45, 2.75) is 57.3 Å². The molecule has 11 heteroatoms. The zero-order valence-corrected chi connectivity index (χ0v) is 16.1. The number of amides is 3. The third-order valence-corrected chi connectivity index (χ3v) is 4.99. The molecule has 11 nitrogen and oxygen atoms in total. The number of aliphatic hydroxyl groups excluding tert-OH is 2. The summed E-state index contributed by atoms with van der Waals surface area (Å²) in [6.45, 7) is 2.43. The monoisotopic (exact) mass is 402 g/mol. The highest BCUT2D eigenvalue weighted by Gasteiger charge is 2.39. The Labute approximate surface area is 163 Å². The maximum absolute atomic E-state index is 12.7. The molecule has 160 valence electrons. The quantitative estimate of drug-likeness (QED) is 0.230. The summed E-state index contributed by atoms with van der Waals surface area (Å²) >= 11 is 0. The smallest absolute Gasteiger partial charge is 0.328 e. The number of carbonyl (C=O) groups is 4. The van der Waals surface area contributed by atoms with Crippen LogP contribution in [0.2, 0.25) is 0 Å². The van der Waals surface area contributed by atoms with Gasteiger partial charge in [0.05, 0.1) is 19.3 Å². The number of carboxylic acids is 1. The number of likely N-dealkylation sites (tertiary alicyclic amines) is 1. The van der Waals surface area contributed by atoms with Crippen LogP contribution in [0.25, 0.3) is 0 Å². The summed E-state index contributed by atoms with van der Waals surface area (Å²) in [5.41, 5.74) is 5.84. The normalized spacial score (nSPS) is 20.8. The average molecular weight is 402 g/mol. The van der Waals surface area contributed by atoms with Gasteiger partial charge in [0, 0.05) is 6.54 Å². The summed E-state index contributed by atoms with van der Waals surface area (Å²) < 4.78 is 0. The van der Waals surface area contributed by atoms with Gasteiger partial charge in [0.25, 0.3) is 0 Å². The molecule has 0 aliphatic carbocycles. The lowest BCUT2D eigenvalue weighted by atomic mass is 9.99. The molecule has 0 bridgehead atoms. The second-order valence-corrected chi connectivity index (χ2v) is 6.93. The molecule has 1 fully saturated rings. The van der Waals surface area contributed by atoms with Crippen molar-refractivity contribution in [3.8, 4) is 0 Å². The van der Waals surface area contributed by atoms with E-state index in [1.807, 2.05) is 6.92 Å². The molecule has 0 aromatic heterocycles. The maximum atomic E-state index is 12.7. The molecule has 0 aromatic rings. The van der Waals surface area contributed by atoms with Crippen LogP contribution < -0.4 is 16.4 Å². The Bertz CT molecular complexity index is 586. The zero-order chi connectivity index (χ0) is 21.4. The first kappa shape index (κ1) is 23.8. The van der Waals surface area contributed by atoms with Crippen molar-refractivity contribution in [1.82, 2.24) is 15.5 Å². The number of rotatable bonds is 10. The number of hydrogen-bond donors (Lipinski definition) is 6. The fourth-order valence-electron chi connectivity index (χ4n) is 2.92. The van der Waals surface area contributed by atoms with Crippen LogP contribution in [0.3, 0.4) is 0 Å². The van der Waals surface area contributed by atoms with Gasteiger partial charge in [-0.15, -0.1) is 0 Å². The maximum Gasteiger partial charge on any atom is 0.328 e. The van der Waals surface area contributed by atoms with E-state index >= 15 is 0 Å². The van der Waals surface area contributed by atoms with Crippen LogP contribution >= 0.6 is 0 Å². The van der Waals surface area contributed by atoms with Crippen LogP contribution in [-0.2, 0) is 19.2 Å². The van der Waals surface area contributed by atoms with Gasteiger partial charge in [0.15, 0.2) is 0 Å². The van der Waals surface area contributed by atoms with Gasteiger partial charge in [-0.3, -0.25) is 14.4 Å². The Morgan fingerprint density at radius 2 is 1.75 bits per heavy atom. The molecule has 1 aliphatic heterocycles. The highest BCUT2D eigenvalue weighted by Crippen LogP contribution is 2.19. The van der Waals surface area contributed by atoms with Crippen molar-refractivity contribution in [3.05, 3.63) is 0 Å². The van der Waals surface area contributed by atoms with Crippen molar-refractivity contribution < 1.29 is 34.5 Å². The summed E-state index contributed by atoms with van der Waals surface area (Å²) in [6, 6.07) is -4.53. The number of aliphatic carboxylic acids is 1. The van der Waals surface area contributed by atoms with Crippen LogP contribution in [0.1, 0.15) is 33.1 Å². The van der Waals surface area contributed by atoms with E-state index in [0.717, 1.165) is 0 Å². The lowest BCUT2D eigenvalue weighted by Crippen LogP contribution is -2.58. The van der Waals surface area contributed by atoms with Gasteiger partial charge in [-0.25, -0.2) is 4.79 Å². The van der Waals surface area contributed by atoms with Crippen molar-refractivity contribution in [2.75, 3.05) is 19.8 Å². The second kappa shape index (κ2) is 10.9. The molecular formula is C17H30N4O7. The largest absolute Gasteiger partial charge is 0.480 e. The first-order valence-electron chi connectivity index (χ1n) is 9.29. The minimum Gasteiger partial charge on any atom is -0.480 e. The van der Waals surface area contributed by atoms with Gasteiger partial charge < -0.3 is 36.6 Å². The Hall–Kier alpha value is -2.24. The van der Waals surface area contributed by atoms with Gasteiger partial charge in [-0.1, -0.05) is 20.3 Å². The lowest BCUT2D eigenvalue weighted by Gasteiger charge is -2.29. The number of nitrogens with zero attached hydrogens (tertiary/aromatic N) is 1. The van der Waals surface area contributed by atoms with E-state index in [2.05, 4.69) is 10.6 Å². The third kappa shape index (κ3) is 5.88. The van der Waals surface area contributed by atoms with Gasteiger partial charge in [-0.2, -0.15) is 0 Å². The predicted octanol–water partition coefficient (Wildman–Crippen LogP) is -2.61. The first-order valence-corrected chi connectivity index (χ1v) is 9.29. The van der Waals surface area contributed by atoms with Gasteiger partial charge in [0.1, 0.15) is 18.1 Å². The van der Waals surface area contributed by atoms with Gasteiger partial charge in [0.2, 0.25) is 17.7 Å². The number of nitrogens with two attached hydrogens (primary N) is 1. The van der Waals surface area contributed by atoms with E-state index in [1.165, 1.54) is 4.90 Å². The van der Waals surface area contributed by atoms with E-state index in [1.54, 1.807) is 6.92 Å². The highest BCUT2D eigenvalue weighted by molar-refractivity contribution is 5.94. The van der Waals surface area contributed by atoms with Crippen LogP contribution in [0.5, 0.6) is 0 Å². The molecule has 1 aliphatic rings. The van der Waals surface area contributed by atoms with E-state index in [-0.39, 0.29) is 12.5 Å². The number of carboxylic acid groups (broad SMARTS) is 1. The number of hydrogen-bond acceptors (Lipinski definition) is 7. The minimum absolute atomic E-state index is 0.119. The van der Waals surface area contributed by atoms with E-state index < -0.39 is 61.1 Å². The summed E-state index contributed by atoms with van der Waals surface area (Å²) in [6.07, 6.45) is 1.46. The SMILES string of the molecule is CCC(C)C(N)C(=O)NC(CO)C(=O)N1CCCC1C(=O)NC(CO)C(=O)O. The molecule has 3 amide bonds. The molecule has 0 aromatic carbocycles.